The smallest absolute Gasteiger partial charge is 0.311 e. The van der Waals surface area contributed by atoms with E-state index in [9.17, 15) is 25.2 Å². The highest BCUT2D eigenvalue weighted by Gasteiger charge is 2.58. The molecule has 10 unspecified atom stereocenters. The molecule has 3 aliphatic heterocycles. The molecule has 4 rings (SSSR count). The van der Waals surface area contributed by atoms with Crippen molar-refractivity contribution in [1.82, 2.24) is 16.0 Å². The van der Waals surface area contributed by atoms with Crippen molar-refractivity contribution in [2.75, 3.05) is 33.8 Å². The van der Waals surface area contributed by atoms with Gasteiger partial charge in [-0.15, -0.1) is 0 Å². The average molecular weight is 903 g/mol. The third kappa shape index (κ3) is 12.2. The van der Waals surface area contributed by atoms with E-state index < -0.39 is 95.5 Å². The van der Waals surface area contributed by atoms with Crippen LogP contribution in [0.25, 0.3) is 0 Å². The Kier molecular flexibility index (Phi) is 18.9. The normalized spacial score (nSPS) is 44.2. The Morgan fingerprint density at radius 1 is 0.952 bits per heavy atom. The number of hydrogen-bond donors (Lipinski definition) is 7. The highest BCUT2D eigenvalue weighted by atomic mass is 35.5. The summed E-state index contributed by atoms with van der Waals surface area (Å²) in [5.41, 5.74) is -5.99. The van der Waals surface area contributed by atoms with Crippen molar-refractivity contribution in [2.24, 2.45) is 17.8 Å². The third-order valence-corrected chi connectivity index (χ3v) is 14.1. The minimum Gasteiger partial charge on any atom is -0.483 e. The zero-order valence-electron chi connectivity index (χ0n) is 39.5. The van der Waals surface area contributed by atoms with Gasteiger partial charge in [0.05, 0.1) is 42.0 Å². The maximum Gasteiger partial charge on any atom is 0.311 e. The molecule has 7 N–H and O–H groups in total. The first-order valence-electron chi connectivity index (χ1n) is 22.7. The van der Waals surface area contributed by atoms with E-state index in [-0.39, 0.29) is 43.9 Å². The summed E-state index contributed by atoms with van der Waals surface area (Å²) in [6.45, 7) is 21.1. The first-order chi connectivity index (χ1) is 29.0. The van der Waals surface area contributed by atoms with Gasteiger partial charge in [-0.25, -0.2) is 0 Å². The SMILES string of the molecule is CCCNC[C@]1(O)[C@H](C)O[C@@H](OC2C(C)C(=O)OC(CC)C(C)(O)C(O)C(C)NCC(C)CC(C)(O)C(O[C@@H]3O[C@H](C)C[C@H](NC)[C@H]3Oc3ccc(Cl)cc3)C2C)C[C@@]1(C)OC. The lowest BCUT2D eigenvalue weighted by Gasteiger charge is -2.53. The molecule has 1 aromatic rings. The molecule has 3 heterocycles. The fourth-order valence-electron chi connectivity index (χ4n) is 9.80. The number of nitrogens with one attached hydrogen (secondary N) is 3. The van der Waals surface area contributed by atoms with Gasteiger partial charge >= 0.3 is 5.97 Å². The number of aliphatic hydroxyl groups is 4. The number of carbonyl (C=O) groups excluding carboxylic acids is 1. The molecule has 62 heavy (non-hydrogen) atoms. The van der Waals surface area contributed by atoms with Crippen molar-refractivity contribution < 1.29 is 58.4 Å². The highest BCUT2D eigenvalue weighted by Crippen LogP contribution is 2.43. The van der Waals surface area contributed by atoms with Gasteiger partial charge in [-0.1, -0.05) is 39.3 Å². The monoisotopic (exact) mass is 902 g/mol. The van der Waals surface area contributed by atoms with E-state index in [2.05, 4.69) is 16.0 Å². The summed E-state index contributed by atoms with van der Waals surface area (Å²) in [6, 6.07) is 6.21. The maximum atomic E-state index is 14.5. The minimum atomic E-state index is -1.82. The molecule has 0 aliphatic carbocycles. The van der Waals surface area contributed by atoms with Crippen LogP contribution >= 0.6 is 11.6 Å². The van der Waals surface area contributed by atoms with E-state index in [0.717, 1.165) is 6.42 Å². The summed E-state index contributed by atoms with van der Waals surface area (Å²) in [6.07, 6.45) is -6.21. The van der Waals surface area contributed by atoms with Gasteiger partial charge in [0.25, 0.3) is 0 Å². The van der Waals surface area contributed by atoms with E-state index in [0.29, 0.717) is 30.3 Å². The molecule has 0 bridgehead atoms. The molecule has 0 radical (unpaired) electrons. The van der Waals surface area contributed by atoms with Crippen molar-refractivity contribution in [3.8, 4) is 5.75 Å². The lowest BCUT2D eigenvalue weighted by molar-refractivity contribution is -0.335. The van der Waals surface area contributed by atoms with Gasteiger partial charge in [0, 0.05) is 37.1 Å². The third-order valence-electron chi connectivity index (χ3n) is 13.8. The second-order valence-corrected chi connectivity index (χ2v) is 19.5. The van der Waals surface area contributed by atoms with E-state index in [1.165, 1.54) is 6.92 Å². The Labute approximate surface area is 375 Å². The fourth-order valence-corrected chi connectivity index (χ4v) is 9.92. The Bertz CT molecular complexity index is 1540. The molecule has 3 aliphatic rings. The highest BCUT2D eigenvalue weighted by molar-refractivity contribution is 6.30. The number of hydrogen-bond acceptors (Lipinski definition) is 15. The quantitative estimate of drug-likeness (QED) is 0.109. The molecule has 3 saturated heterocycles. The van der Waals surface area contributed by atoms with Crippen LogP contribution in [-0.2, 0) is 33.2 Å². The van der Waals surface area contributed by atoms with Crippen LogP contribution < -0.4 is 20.7 Å². The second kappa shape index (κ2) is 22.2. The lowest BCUT2D eigenvalue weighted by atomic mass is 9.75. The summed E-state index contributed by atoms with van der Waals surface area (Å²) in [7, 11) is 3.40. The summed E-state index contributed by atoms with van der Waals surface area (Å²) in [5.74, 6) is -2.12. The largest absolute Gasteiger partial charge is 0.483 e. The minimum absolute atomic E-state index is 0.0915. The fraction of sp³-hybridized carbons (Fsp3) is 0.848. The molecular formula is C46H80ClN3O12. The van der Waals surface area contributed by atoms with Gasteiger partial charge in [0.2, 0.25) is 0 Å². The standard InChI is InChI=1S/C46H80ClN3O12/c1-14-20-49-25-46(55)31(8)58-36(23-44(46,10)56-13)61-37-28(5)40(62-42-38(34(48-12)21-27(4)57-42)59-33-18-16-32(47)17-19-33)43(9,53)22-26(3)24-50-30(7)39(51)45(11,54)35(15-2)60-41(52)29(37)6/h16-19,26-31,34-40,42,48-51,53-55H,14-15,20-25H2,1-13H3/t26?,27-,28?,29?,30?,31+,34+,35?,36+,37?,38-,39?,40?,42+,43?,44-,45?,46+/m1/s1. The topological polar surface area (TPSA) is 199 Å². The number of ether oxygens (including phenoxy) is 7. The maximum absolute atomic E-state index is 14.5. The number of aliphatic hydroxyl groups excluding tert-OH is 1. The molecule has 358 valence electrons. The molecule has 3 fully saturated rings. The van der Waals surface area contributed by atoms with E-state index in [4.69, 9.17) is 44.8 Å². The van der Waals surface area contributed by atoms with Crippen molar-refractivity contribution >= 4 is 17.6 Å². The van der Waals surface area contributed by atoms with Crippen LogP contribution in [0.2, 0.25) is 5.02 Å². The lowest BCUT2D eigenvalue weighted by Crippen LogP contribution is -2.70. The van der Waals surface area contributed by atoms with E-state index >= 15 is 0 Å². The number of cyclic esters (lactones) is 1. The van der Waals surface area contributed by atoms with Gasteiger partial charge in [-0.3, -0.25) is 4.79 Å². The van der Waals surface area contributed by atoms with Crippen LogP contribution in [0, 0.1) is 17.8 Å². The molecular weight excluding hydrogens is 822 g/mol. The number of benzene rings is 1. The van der Waals surface area contributed by atoms with Crippen molar-refractivity contribution in [2.45, 2.75) is 198 Å². The van der Waals surface area contributed by atoms with Crippen LogP contribution in [0.1, 0.15) is 108 Å². The van der Waals surface area contributed by atoms with Crippen LogP contribution in [0.5, 0.6) is 5.75 Å². The second-order valence-electron chi connectivity index (χ2n) is 19.1. The number of halogens is 1. The van der Waals surface area contributed by atoms with Crippen molar-refractivity contribution in [3.63, 3.8) is 0 Å². The predicted molar refractivity (Wildman–Crippen MR) is 237 cm³/mol. The number of methoxy groups -OCH3 is 1. The summed E-state index contributed by atoms with van der Waals surface area (Å²) in [5, 5.41) is 58.8. The van der Waals surface area contributed by atoms with E-state index in [1.807, 2.05) is 41.7 Å². The molecule has 18 atom stereocenters. The van der Waals surface area contributed by atoms with Gasteiger partial charge in [0.1, 0.15) is 34.8 Å². The zero-order chi connectivity index (χ0) is 46.4. The molecule has 1 aromatic carbocycles. The Balaban J connectivity index is 1.84. The number of carbonyl (C=O) groups is 1. The van der Waals surface area contributed by atoms with E-state index in [1.54, 1.807) is 66.0 Å². The number of likely N-dealkylation sites (N-methyl/N-ethyl adjacent to an activating group) is 1. The number of rotatable bonds is 13. The van der Waals surface area contributed by atoms with Gasteiger partial charge in [-0.05, 0) is 124 Å². The van der Waals surface area contributed by atoms with Gasteiger partial charge in [-0.2, -0.15) is 0 Å². The molecule has 0 spiro atoms. The van der Waals surface area contributed by atoms with Crippen LogP contribution in [0.15, 0.2) is 24.3 Å². The Morgan fingerprint density at radius 2 is 1.61 bits per heavy atom. The molecule has 15 nitrogen and oxygen atoms in total. The summed E-state index contributed by atoms with van der Waals surface area (Å²) in [4.78, 5) is 14.5. The first kappa shape index (κ1) is 52.9. The van der Waals surface area contributed by atoms with Crippen LogP contribution in [-0.4, -0.2) is 150 Å². The van der Waals surface area contributed by atoms with Crippen molar-refractivity contribution in [1.29, 1.82) is 0 Å². The Morgan fingerprint density at radius 3 is 2.21 bits per heavy atom. The Hall–Kier alpha value is -1.70. The van der Waals surface area contributed by atoms with Gasteiger partial charge in [0.15, 0.2) is 18.7 Å². The molecule has 0 saturated carbocycles. The average Bonchev–Trinajstić information content (AvgIpc) is 3.22. The van der Waals surface area contributed by atoms with Gasteiger partial charge < -0.3 is 69.5 Å². The predicted octanol–water partition coefficient (Wildman–Crippen LogP) is 4.33. The zero-order valence-corrected chi connectivity index (χ0v) is 40.2. The molecule has 0 aromatic heterocycles. The number of esters is 1. The van der Waals surface area contributed by atoms with Crippen LogP contribution in [0.4, 0.5) is 0 Å². The summed E-state index contributed by atoms with van der Waals surface area (Å²) >= 11 is 6.22. The molecule has 16 heteroatoms. The molecule has 0 amide bonds. The summed E-state index contributed by atoms with van der Waals surface area (Å²) < 4.78 is 45.9. The van der Waals surface area contributed by atoms with Crippen molar-refractivity contribution in [3.05, 3.63) is 29.3 Å². The van der Waals surface area contributed by atoms with Crippen LogP contribution in [0.3, 0.4) is 0 Å². The first-order valence-corrected chi connectivity index (χ1v) is 23.1.